The van der Waals surface area contributed by atoms with E-state index in [2.05, 4.69) is 10.5 Å². The number of furan rings is 1. The lowest BCUT2D eigenvalue weighted by Gasteiger charge is -2.12. The maximum Gasteiger partial charge on any atom is 0.310 e. The number of hydrogen-bond acceptors (Lipinski definition) is 6. The first-order valence-electron chi connectivity index (χ1n) is 7.81. The molecule has 0 radical (unpaired) electrons. The summed E-state index contributed by atoms with van der Waals surface area (Å²) in [5.41, 5.74) is 0.556. The minimum absolute atomic E-state index is 0.0548. The Morgan fingerprint density at radius 2 is 2.21 bits per heavy atom. The monoisotopic (exact) mass is 332 g/mol. The molecular weight excluding hydrogens is 312 g/mol. The minimum Gasteiger partial charge on any atom is -0.469 e. The van der Waals surface area contributed by atoms with Crippen LogP contribution >= 0.6 is 0 Å². The van der Waals surface area contributed by atoms with Crippen molar-refractivity contribution in [3.8, 4) is 0 Å². The van der Waals surface area contributed by atoms with Gasteiger partial charge in [-0.05, 0) is 18.6 Å². The van der Waals surface area contributed by atoms with Gasteiger partial charge in [0.1, 0.15) is 5.76 Å². The Morgan fingerprint density at radius 1 is 1.42 bits per heavy atom. The second-order valence-corrected chi connectivity index (χ2v) is 6.95. The lowest BCUT2D eigenvalue weighted by molar-refractivity contribution is -0.148. The summed E-state index contributed by atoms with van der Waals surface area (Å²) in [6.45, 7) is 5.61. The number of nitrogens with zero attached hydrogens (tertiary/aromatic N) is 1. The maximum atomic E-state index is 11.9. The first-order valence-corrected chi connectivity index (χ1v) is 7.81. The lowest BCUT2D eigenvalue weighted by atomic mass is 9.92. The standard InChI is InChI=1S/C17H20N2O5/c1-17(2,3)13-8-15(24-19-13)18-14(20)9-23-16(21)11-7-10(11)12-5-4-6-22-12/h4-6,8,10-11H,7,9H2,1-3H3,(H,18,20)/t10-,11-/m0/s1. The van der Waals surface area contributed by atoms with Crippen LogP contribution in [0.15, 0.2) is 33.4 Å². The van der Waals surface area contributed by atoms with E-state index < -0.39 is 5.91 Å². The van der Waals surface area contributed by atoms with Gasteiger partial charge in [0.25, 0.3) is 5.91 Å². The van der Waals surface area contributed by atoms with Crippen LogP contribution in [-0.4, -0.2) is 23.6 Å². The Kier molecular flexibility index (Phi) is 4.17. The molecule has 2 aromatic heterocycles. The highest BCUT2D eigenvalue weighted by Gasteiger charge is 2.47. The summed E-state index contributed by atoms with van der Waals surface area (Å²) in [6.07, 6.45) is 2.26. The molecule has 1 fully saturated rings. The predicted octanol–water partition coefficient (Wildman–Crippen LogP) is 2.85. The summed E-state index contributed by atoms with van der Waals surface area (Å²) in [5, 5.41) is 6.43. The van der Waals surface area contributed by atoms with E-state index in [-0.39, 0.29) is 35.7 Å². The van der Waals surface area contributed by atoms with Gasteiger partial charge in [-0.2, -0.15) is 0 Å². The Balaban J connectivity index is 1.44. The molecule has 0 saturated heterocycles. The van der Waals surface area contributed by atoms with Crippen molar-refractivity contribution in [3.05, 3.63) is 35.9 Å². The molecule has 0 aliphatic heterocycles. The van der Waals surface area contributed by atoms with Crippen LogP contribution in [0, 0.1) is 5.92 Å². The Bertz CT molecular complexity index is 726. The number of carbonyl (C=O) groups is 2. The number of aromatic nitrogens is 1. The first-order chi connectivity index (χ1) is 11.3. The number of esters is 1. The van der Waals surface area contributed by atoms with Crippen LogP contribution in [0.1, 0.15) is 44.6 Å². The number of hydrogen-bond donors (Lipinski definition) is 1. The van der Waals surface area contributed by atoms with Gasteiger partial charge in [-0.1, -0.05) is 25.9 Å². The topological polar surface area (TPSA) is 94.6 Å². The van der Waals surface area contributed by atoms with Crippen molar-refractivity contribution in [2.45, 2.75) is 38.5 Å². The zero-order chi connectivity index (χ0) is 17.3. The molecule has 7 nitrogen and oxygen atoms in total. The minimum atomic E-state index is -0.463. The van der Waals surface area contributed by atoms with E-state index in [9.17, 15) is 9.59 Å². The van der Waals surface area contributed by atoms with Crippen molar-refractivity contribution in [2.75, 3.05) is 11.9 Å². The molecule has 1 aliphatic carbocycles. The van der Waals surface area contributed by atoms with Gasteiger partial charge in [-0.3, -0.25) is 14.9 Å². The van der Waals surface area contributed by atoms with Crippen molar-refractivity contribution in [2.24, 2.45) is 5.92 Å². The molecule has 0 unspecified atom stereocenters. The molecular formula is C17H20N2O5. The van der Waals surface area contributed by atoms with Gasteiger partial charge < -0.3 is 13.7 Å². The number of carbonyl (C=O) groups excluding carboxylic acids is 2. The molecule has 0 spiro atoms. The van der Waals surface area contributed by atoms with Crippen LogP contribution in [0.3, 0.4) is 0 Å². The summed E-state index contributed by atoms with van der Waals surface area (Å²) < 4.78 is 15.4. The van der Waals surface area contributed by atoms with Crippen LogP contribution < -0.4 is 5.32 Å². The fraction of sp³-hybridized carbons (Fsp3) is 0.471. The largest absolute Gasteiger partial charge is 0.469 e. The van der Waals surface area contributed by atoms with E-state index >= 15 is 0 Å². The maximum absolute atomic E-state index is 11.9. The molecule has 1 aliphatic rings. The number of rotatable bonds is 5. The van der Waals surface area contributed by atoms with Crippen LogP contribution in [0.4, 0.5) is 5.88 Å². The number of ether oxygens (including phenoxy) is 1. The van der Waals surface area contributed by atoms with Crippen molar-refractivity contribution in [1.82, 2.24) is 5.16 Å². The molecule has 7 heteroatoms. The molecule has 2 aromatic rings. The second-order valence-electron chi connectivity index (χ2n) is 6.95. The Morgan fingerprint density at radius 3 is 2.83 bits per heavy atom. The molecule has 24 heavy (non-hydrogen) atoms. The van der Waals surface area contributed by atoms with E-state index in [1.165, 1.54) is 0 Å². The van der Waals surface area contributed by atoms with Gasteiger partial charge in [0.15, 0.2) is 6.61 Å². The normalized spacial score (nSPS) is 19.8. The lowest BCUT2D eigenvalue weighted by Crippen LogP contribution is -2.21. The van der Waals surface area contributed by atoms with Crippen molar-refractivity contribution in [1.29, 1.82) is 0 Å². The van der Waals surface area contributed by atoms with Gasteiger partial charge in [0, 0.05) is 17.4 Å². The summed E-state index contributed by atoms with van der Waals surface area (Å²) in [4.78, 5) is 23.8. The average Bonchev–Trinajstić information content (AvgIpc) is 2.93. The highest BCUT2D eigenvalue weighted by atomic mass is 16.5. The van der Waals surface area contributed by atoms with Crippen LogP contribution in [0.25, 0.3) is 0 Å². The molecule has 2 heterocycles. The zero-order valence-corrected chi connectivity index (χ0v) is 13.9. The van der Waals surface area contributed by atoms with Crippen molar-refractivity contribution >= 4 is 17.8 Å². The van der Waals surface area contributed by atoms with Crippen molar-refractivity contribution < 1.29 is 23.3 Å². The molecule has 1 saturated carbocycles. The highest BCUT2D eigenvalue weighted by Crippen LogP contribution is 2.48. The van der Waals surface area contributed by atoms with E-state index in [0.29, 0.717) is 6.42 Å². The van der Waals surface area contributed by atoms with Crippen molar-refractivity contribution in [3.63, 3.8) is 0 Å². The Labute approximate surface area is 139 Å². The van der Waals surface area contributed by atoms with Crippen LogP contribution in [-0.2, 0) is 19.7 Å². The molecule has 0 bridgehead atoms. The molecule has 2 atom stereocenters. The van der Waals surface area contributed by atoms with Crippen LogP contribution in [0.5, 0.6) is 0 Å². The molecule has 1 amide bonds. The van der Waals surface area contributed by atoms with E-state index in [0.717, 1.165) is 11.5 Å². The number of nitrogens with one attached hydrogen (secondary N) is 1. The van der Waals surface area contributed by atoms with Gasteiger partial charge in [0.05, 0.1) is 17.9 Å². The van der Waals surface area contributed by atoms with Gasteiger partial charge in [-0.25, -0.2) is 0 Å². The third kappa shape index (κ3) is 3.67. The fourth-order valence-corrected chi connectivity index (χ4v) is 2.38. The van der Waals surface area contributed by atoms with Gasteiger partial charge in [-0.15, -0.1) is 0 Å². The fourth-order valence-electron chi connectivity index (χ4n) is 2.38. The molecule has 0 aromatic carbocycles. The van der Waals surface area contributed by atoms with Crippen LogP contribution in [0.2, 0.25) is 0 Å². The van der Waals surface area contributed by atoms with Gasteiger partial charge in [0.2, 0.25) is 5.88 Å². The quantitative estimate of drug-likeness (QED) is 0.846. The molecule has 1 N–H and O–H groups in total. The molecule has 128 valence electrons. The second kappa shape index (κ2) is 6.14. The van der Waals surface area contributed by atoms with E-state index in [1.54, 1.807) is 18.4 Å². The smallest absolute Gasteiger partial charge is 0.310 e. The SMILES string of the molecule is CC(C)(C)c1cc(NC(=O)COC(=O)[C@H]2C[C@@H]2c2ccco2)on1. The molecule has 3 rings (SSSR count). The summed E-state index contributed by atoms with van der Waals surface area (Å²) in [6, 6.07) is 5.28. The third-order valence-electron chi connectivity index (χ3n) is 3.89. The number of amides is 1. The summed E-state index contributed by atoms with van der Waals surface area (Å²) >= 11 is 0. The first kappa shape index (κ1) is 16.3. The van der Waals surface area contributed by atoms with Gasteiger partial charge >= 0.3 is 5.97 Å². The average molecular weight is 332 g/mol. The third-order valence-corrected chi connectivity index (χ3v) is 3.89. The number of anilines is 1. The summed E-state index contributed by atoms with van der Waals surface area (Å²) in [7, 11) is 0. The Hall–Kier alpha value is -2.57. The predicted molar refractivity (Wildman–Crippen MR) is 84.3 cm³/mol. The van der Waals surface area contributed by atoms with E-state index in [1.807, 2.05) is 26.8 Å². The van der Waals surface area contributed by atoms with E-state index in [4.69, 9.17) is 13.7 Å². The zero-order valence-electron chi connectivity index (χ0n) is 13.9. The summed E-state index contributed by atoms with van der Waals surface area (Å²) in [5.74, 6) is -0.0193. The highest BCUT2D eigenvalue weighted by molar-refractivity contribution is 5.92.